The third-order valence-corrected chi connectivity index (χ3v) is 10.6. The SMILES string of the molecule is C#Cc1c(F)ccc2cc(O)cc(-c3ncc4c(N5C[C@H]6CC[C@@H](C5)N6C(=O)C=C)nc(OCC56CCCN5CCC6)nc4c3F)c12. The lowest BCUT2D eigenvalue weighted by molar-refractivity contribution is -0.129. The third-order valence-electron chi connectivity index (χ3n) is 10.6. The Bertz CT molecular complexity index is 1990. The van der Waals surface area contributed by atoms with Crippen LogP contribution in [0.2, 0.25) is 0 Å². The average Bonchev–Trinajstić information content (AvgIpc) is 3.73. The van der Waals surface area contributed by atoms with E-state index in [1.165, 1.54) is 36.5 Å². The zero-order chi connectivity index (χ0) is 32.4. The Hall–Kier alpha value is -4.82. The van der Waals surface area contributed by atoms with Crippen molar-refractivity contribution >= 4 is 33.4 Å². The highest BCUT2D eigenvalue weighted by molar-refractivity contribution is 6.03. The fraction of sp³-hybridized carbons (Fsp3) is 0.389. The van der Waals surface area contributed by atoms with Crippen molar-refractivity contribution in [2.45, 2.75) is 56.1 Å². The van der Waals surface area contributed by atoms with Crippen molar-refractivity contribution in [2.75, 3.05) is 37.7 Å². The monoisotopic (exact) mass is 636 g/mol. The molecule has 4 aromatic rings. The number of phenolic OH excluding ortho intramolecular Hbond substituents is 1. The normalized spacial score (nSPS) is 21.7. The Balaban J connectivity index is 1.27. The minimum atomic E-state index is -0.764. The molecule has 0 saturated carbocycles. The molecule has 1 N–H and O–H groups in total. The first-order valence-corrected chi connectivity index (χ1v) is 16.2. The smallest absolute Gasteiger partial charge is 0.319 e. The first-order valence-electron chi connectivity index (χ1n) is 16.2. The molecule has 2 bridgehead atoms. The number of piperazine rings is 1. The van der Waals surface area contributed by atoms with Crippen LogP contribution in [0.1, 0.15) is 44.1 Å². The van der Waals surface area contributed by atoms with E-state index in [0.29, 0.717) is 36.3 Å². The summed E-state index contributed by atoms with van der Waals surface area (Å²) in [5.74, 6) is 1.22. The number of hydrogen-bond acceptors (Lipinski definition) is 8. The van der Waals surface area contributed by atoms with E-state index in [-0.39, 0.29) is 63.0 Å². The zero-order valence-corrected chi connectivity index (χ0v) is 25.9. The number of pyridine rings is 1. The number of nitrogens with zero attached hydrogens (tertiary/aromatic N) is 6. The highest BCUT2D eigenvalue weighted by Crippen LogP contribution is 2.42. The number of hydrogen-bond donors (Lipinski definition) is 1. The van der Waals surface area contributed by atoms with Gasteiger partial charge in [0, 0.05) is 42.3 Å². The van der Waals surface area contributed by atoms with E-state index in [4.69, 9.17) is 16.1 Å². The maximum absolute atomic E-state index is 16.9. The van der Waals surface area contributed by atoms with E-state index < -0.39 is 11.6 Å². The largest absolute Gasteiger partial charge is 0.508 e. The molecule has 0 unspecified atom stereocenters. The molecule has 240 valence electrons. The predicted molar refractivity (Wildman–Crippen MR) is 174 cm³/mol. The van der Waals surface area contributed by atoms with Gasteiger partial charge in [0.15, 0.2) is 5.82 Å². The second kappa shape index (κ2) is 11.2. The first kappa shape index (κ1) is 29.6. The number of amides is 1. The van der Waals surface area contributed by atoms with Crippen LogP contribution in [0.15, 0.2) is 43.1 Å². The Labute approximate surface area is 270 Å². The lowest BCUT2D eigenvalue weighted by Crippen LogP contribution is -2.55. The molecule has 4 aliphatic heterocycles. The van der Waals surface area contributed by atoms with Gasteiger partial charge in [-0.1, -0.05) is 18.6 Å². The number of rotatable bonds is 6. The highest BCUT2D eigenvalue weighted by Gasteiger charge is 2.45. The number of aromatic hydroxyl groups is 1. The fourth-order valence-corrected chi connectivity index (χ4v) is 8.47. The molecular weight excluding hydrogens is 602 g/mol. The van der Waals surface area contributed by atoms with Gasteiger partial charge in [-0.15, -0.1) is 6.42 Å². The first-order chi connectivity index (χ1) is 22.8. The van der Waals surface area contributed by atoms with Gasteiger partial charge in [0.25, 0.3) is 0 Å². The van der Waals surface area contributed by atoms with E-state index in [1.54, 1.807) is 0 Å². The van der Waals surface area contributed by atoms with E-state index in [1.807, 2.05) is 4.90 Å². The summed E-state index contributed by atoms with van der Waals surface area (Å²) >= 11 is 0. The summed E-state index contributed by atoms with van der Waals surface area (Å²) < 4.78 is 38.1. The minimum absolute atomic E-state index is 0.00528. The van der Waals surface area contributed by atoms with Crippen LogP contribution < -0.4 is 9.64 Å². The average molecular weight is 637 g/mol. The maximum Gasteiger partial charge on any atom is 0.319 e. The molecule has 4 saturated heterocycles. The maximum atomic E-state index is 16.9. The lowest BCUT2D eigenvalue weighted by atomic mass is 9.95. The molecule has 2 aromatic carbocycles. The topological polar surface area (TPSA) is 94.9 Å². The van der Waals surface area contributed by atoms with E-state index in [0.717, 1.165) is 51.6 Å². The summed E-state index contributed by atoms with van der Waals surface area (Å²) in [5, 5.41) is 11.7. The summed E-state index contributed by atoms with van der Waals surface area (Å²) in [7, 11) is 0. The molecule has 0 aliphatic carbocycles. The second-order valence-corrected chi connectivity index (χ2v) is 13.1. The van der Waals surface area contributed by atoms with Gasteiger partial charge in [0.05, 0.1) is 16.5 Å². The number of carbonyl (C=O) groups excluding carboxylic acids is 1. The number of aromatic nitrogens is 3. The molecular formula is C36H34F2N6O3. The second-order valence-electron chi connectivity index (χ2n) is 13.1. The molecule has 8 rings (SSSR count). The zero-order valence-electron chi connectivity index (χ0n) is 25.9. The van der Waals surface area contributed by atoms with E-state index in [9.17, 15) is 14.3 Å². The number of fused-ring (bicyclic) bond motifs is 5. The van der Waals surface area contributed by atoms with E-state index >= 15 is 4.39 Å². The Morgan fingerprint density at radius 1 is 1.15 bits per heavy atom. The van der Waals surface area contributed by atoms with Crippen LogP contribution in [0.25, 0.3) is 32.9 Å². The number of benzene rings is 2. The number of ether oxygens (including phenoxy) is 1. The van der Waals surface area contributed by atoms with Gasteiger partial charge in [0.2, 0.25) is 5.91 Å². The van der Waals surface area contributed by atoms with Crippen molar-refractivity contribution in [2.24, 2.45) is 0 Å². The molecule has 4 fully saturated rings. The van der Waals surface area contributed by atoms with Crippen molar-refractivity contribution in [3.05, 3.63) is 60.3 Å². The van der Waals surface area contributed by atoms with Crippen LogP contribution in [0.3, 0.4) is 0 Å². The van der Waals surface area contributed by atoms with Crippen LogP contribution in [-0.4, -0.2) is 86.2 Å². The Morgan fingerprint density at radius 3 is 2.60 bits per heavy atom. The lowest BCUT2D eigenvalue weighted by Gasteiger charge is -2.41. The van der Waals surface area contributed by atoms with Crippen LogP contribution in [0.5, 0.6) is 11.8 Å². The third kappa shape index (κ3) is 4.68. The number of terminal acetylenes is 1. The van der Waals surface area contributed by atoms with Gasteiger partial charge in [-0.3, -0.25) is 14.7 Å². The highest BCUT2D eigenvalue weighted by atomic mass is 19.1. The molecule has 1 amide bonds. The Kier molecular flexibility index (Phi) is 7.02. The Morgan fingerprint density at radius 2 is 1.89 bits per heavy atom. The van der Waals surface area contributed by atoms with Crippen molar-refractivity contribution in [3.8, 4) is 35.4 Å². The van der Waals surface area contributed by atoms with Crippen LogP contribution in [0, 0.1) is 24.0 Å². The quantitative estimate of drug-likeness (QED) is 0.229. The summed E-state index contributed by atoms with van der Waals surface area (Å²) in [6.07, 6.45) is 14.5. The number of anilines is 1. The minimum Gasteiger partial charge on any atom is -0.508 e. The van der Waals surface area contributed by atoms with Gasteiger partial charge in [-0.25, -0.2) is 8.78 Å². The van der Waals surface area contributed by atoms with Crippen LogP contribution in [0.4, 0.5) is 14.6 Å². The molecule has 6 heterocycles. The molecule has 4 aliphatic rings. The number of halogens is 2. The summed E-state index contributed by atoms with van der Waals surface area (Å²) in [5.41, 5.74) is -0.115. The molecule has 47 heavy (non-hydrogen) atoms. The standard InChI is InChI=1S/C36H34F2N6O3/c1-3-25-28(37)10-7-21-15-24(45)16-26(30(21)25)32-31(38)33-27(17-39-32)34(42-18-22-8-9-23(19-42)44(22)29(46)4-2)41-35(40-33)47-20-36-11-5-13-43(36)14-6-12-36/h1,4,7,10,15-17,22-23,45H,2,5-6,8-9,11-14,18-20H2/t22-,23+. The molecule has 2 atom stereocenters. The van der Waals surface area contributed by atoms with Crippen molar-refractivity contribution in [1.82, 2.24) is 24.8 Å². The van der Waals surface area contributed by atoms with Gasteiger partial charge in [-0.05, 0) is 81.3 Å². The molecule has 0 spiro atoms. The molecule has 0 radical (unpaired) electrons. The van der Waals surface area contributed by atoms with Gasteiger partial charge in [-0.2, -0.15) is 9.97 Å². The van der Waals surface area contributed by atoms with Crippen molar-refractivity contribution < 1.29 is 23.4 Å². The number of carbonyl (C=O) groups is 1. The predicted octanol–water partition coefficient (Wildman–Crippen LogP) is 5.18. The fourth-order valence-electron chi connectivity index (χ4n) is 8.47. The molecule has 2 aromatic heterocycles. The summed E-state index contributed by atoms with van der Waals surface area (Å²) in [4.78, 5) is 33.1. The number of phenols is 1. The van der Waals surface area contributed by atoms with Crippen LogP contribution in [-0.2, 0) is 4.79 Å². The molecule has 9 nitrogen and oxygen atoms in total. The van der Waals surface area contributed by atoms with E-state index in [2.05, 4.69) is 32.3 Å². The summed E-state index contributed by atoms with van der Waals surface area (Å²) in [6.45, 7) is 7.15. The van der Waals surface area contributed by atoms with Gasteiger partial charge >= 0.3 is 6.01 Å². The molecule has 11 heteroatoms. The van der Waals surface area contributed by atoms with Crippen LogP contribution >= 0.6 is 0 Å². The van der Waals surface area contributed by atoms with Crippen molar-refractivity contribution in [1.29, 1.82) is 0 Å². The summed E-state index contributed by atoms with van der Waals surface area (Å²) in [6, 6.07) is 5.48. The van der Waals surface area contributed by atoms with Crippen molar-refractivity contribution in [3.63, 3.8) is 0 Å². The van der Waals surface area contributed by atoms with Gasteiger partial charge < -0.3 is 19.6 Å². The van der Waals surface area contributed by atoms with Gasteiger partial charge in [0.1, 0.15) is 35.2 Å².